The summed E-state index contributed by atoms with van der Waals surface area (Å²) in [4.78, 5) is 15.3. The predicted molar refractivity (Wildman–Crippen MR) is 194 cm³/mol. The van der Waals surface area contributed by atoms with Gasteiger partial charge in [-0.3, -0.25) is 0 Å². The van der Waals surface area contributed by atoms with Crippen molar-refractivity contribution in [2.75, 3.05) is 0 Å². The Labute approximate surface area is 274 Å². The lowest BCUT2D eigenvalue weighted by atomic mass is 9.97. The summed E-state index contributed by atoms with van der Waals surface area (Å²) in [5, 5.41) is 6.57. The number of nitrogens with zero attached hydrogens (tertiary/aromatic N) is 3. The van der Waals surface area contributed by atoms with Crippen LogP contribution in [0.4, 0.5) is 0 Å². The molecule has 10 rings (SSSR count). The second-order valence-electron chi connectivity index (χ2n) is 12.0. The molecule has 0 aliphatic rings. The topological polar surface area (TPSA) is 65.0 Å². The molecule has 48 heavy (non-hydrogen) atoms. The first-order valence-corrected chi connectivity index (χ1v) is 15.9. The Morgan fingerprint density at radius 3 is 1.71 bits per heavy atom. The average molecular weight is 616 g/mol. The standard InChI is InChI=1S/C43H25N3O2/c1-2-11-27(12-3-1)35-23-31(25-39-40(35)34-15-7-9-17-37(34)48-39)43-45-41(29-19-18-26-10-4-5-13-28(26)22-29)44-42(46-43)30-20-21-33-32-14-6-8-16-36(32)47-38(33)24-30/h1-25H. The smallest absolute Gasteiger partial charge is 0.164 e. The van der Waals surface area contributed by atoms with E-state index in [0.717, 1.165) is 82.5 Å². The maximum atomic E-state index is 6.45. The highest BCUT2D eigenvalue weighted by atomic mass is 16.3. The maximum Gasteiger partial charge on any atom is 0.164 e. The first-order valence-electron chi connectivity index (χ1n) is 15.9. The van der Waals surface area contributed by atoms with Crippen LogP contribution in [0.5, 0.6) is 0 Å². The molecule has 0 amide bonds. The van der Waals surface area contributed by atoms with Crippen LogP contribution in [-0.4, -0.2) is 15.0 Å². The lowest BCUT2D eigenvalue weighted by Crippen LogP contribution is -2.00. The summed E-state index contributed by atoms with van der Waals surface area (Å²) < 4.78 is 12.7. The first kappa shape index (κ1) is 26.6. The number of furan rings is 2. The third-order valence-electron chi connectivity index (χ3n) is 9.10. The van der Waals surface area contributed by atoms with Gasteiger partial charge in [-0.25, -0.2) is 15.0 Å². The lowest BCUT2D eigenvalue weighted by Gasteiger charge is -2.11. The van der Waals surface area contributed by atoms with Crippen LogP contribution in [0.25, 0.3) is 99.9 Å². The minimum atomic E-state index is 0.562. The van der Waals surface area contributed by atoms with Crippen molar-refractivity contribution in [3.8, 4) is 45.3 Å². The van der Waals surface area contributed by atoms with Gasteiger partial charge in [0.25, 0.3) is 0 Å². The summed E-state index contributed by atoms with van der Waals surface area (Å²) in [6.07, 6.45) is 0. The van der Waals surface area contributed by atoms with Gasteiger partial charge in [-0.05, 0) is 64.4 Å². The van der Waals surface area contributed by atoms with Crippen LogP contribution >= 0.6 is 0 Å². The quantitative estimate of drug-likeness (QED) is 0.197. The van der Waals surface area contributed by atoms with E-state index >= 15 is 0 Å². The molecule has 0 fully saturated rings. The van der Waals surface area contributed by atoms with Gasteiger partial charge < -0.3 is 8.83 Å². The minimum Gasteiger partial charge on any atom is -0.456 e. The van der Waals surface area contributed by atoms with Gasteiger partial charge in [0.2, 0.25) is 0 Å². The highest BCUT2D eigenvalue weighted by molar-refractivity contribution is 6.13. The number of fused-ring (bicyclic) bond motifs is 7. The zero-order valence-corrected chi connectivity index (χ0v) is 25.6. The van der Waals surface area contributed by atoms with Crippen LogP contribution in [0.2, 0.25) is 0 Å². The Hall–Kier alpha value is -6.59. The Bertz CT molecular complexity index is 2850. The summed E-state index contributed by atoms with van der Waals surface area (Å²) in [5.41, 5.74) is 8.03. The second-order valence-corrected chi connectivity index (χ2v) is 12.0. The van der Waals surface area contributed by atoms with E-state index in [0.29, 0.717) is 17.5 Å². The van der Waals surface area contributed by atoms with E-state index in [1.165, 1.54) is 0 Å². The van der Waals surface area contributed by atoms with E-state index in [9.17, 15) is 0 Å². The Kier molecular flexibility index (Phi) is 5.81. The minimum absolute atomic E-state index is 0.562. The molecule has 3 aromatic heterocycles. The summed E-state index contributed by atoms with van der Waals surface area (Å²) in [7, 11) is 0. The third kappa shape index (κ3) is 4.29. The van der Waals surface area contributed by atoms with E-state index in [2.05, 4.69) is 84.9 Å². The average Bonchev–Trinajstić information content (AvgIpc) is 3.72. The van der Waals surface area contributed by atoms with Crippen LogP contribution in [0.3, 0.4) is 0 Å². The Balaban J connectivity index is 1.23. The summed E-state index contributed by atoms with van der Waals surface area (Å²) in [6.45, 7) is 0. The molecule has 0 atom stereocenters. The number of hydrogen-bond donors (Lipinski definition) is 0. The lowest BCUT2D eigenvalue weighted by molar-refractivity contribution is 0.668. The fraction of sp³-hybridized carbons (Fsp3) is 0. The van der Waals surface area contributed by atoms with Crippen LogP contribution in [0, 0.1) is 0 Å². The molecule has 0 aliphatic heterocycles. The molecule has 224 valence electrons. The van der Waals surface area contributed by atoms with Crippen LogP contribution in [0.15, 0.2) is 160 Å². The highest BCUT2D eigenvalue weighted by Crippen LogP contribution is 2.40. The van der Waals surface area contributed by atoms with Crippen molar-refractivity contribution in [1.82, 2.24) is 15.0 Å². The van der Waals surface area contributed by atoms with Crippen LogP contribution in [-0.2, 0) is 0 Å². The molecule has 0 N–H and O–H groups in total. The van der Waals surface area contributed by atoms with Crippen molar-refractivity contribution in [2.24, 2.45) is 0 Å². The monoisotopic (exact) mass is 615 g/mol. The highest BCUT2D eigenvalue weighted by Gasteiger charge is 2.19. The number of benzene rings is 7. The predicted octanol–water partition coefficient (Wildman–Crippen LogP) is 11.5. The molecule has 0 unspecified atom stereocenters. The molecule has 0 saturated heterocycles. The number of para-hydroxylation sites is 2. The Morgan fingerprint density at radius 1 is 0.333 bits per heavy atom. The molecule has 5 heteroatoms. The number of aromatic nitrogens is 3. The van der Waals surface area contributed by atoms with Crippen molar-refractivity contribution >= 4 is 54.6 Å². The molecule has 0 bridgehead atoms. The molecule has 0 radical (unpaired) electrons. The van der Waals surface area contributed by atoms with Gasteiger partial charge in [0, 0.05) is 38.2 Å². The molecule has 5 nitrogen and oxygen atoms in total. The van der Waals surface area contributed by atoms with Crippen molar-refractivity contribution in [2.45, 2.75) is 0 Å². The number of rotatable bonds is 4. The van der Waals surface area contributed by atoms with Crippen molar-refractivity contribution in [1.29, 1.82) is 0 Å². The normalized spacial score (nSPS) is 11.8. The van der Waals surface area contributed by atoms with Crippen molar-refractivity contribution < 1.29 is 8.83 Å². The molecular weight excluding hydrogens is 590 g/mol. The molecule has 3 heterocycles. The van der Waals surface area contributed by atoms with Crippen molar-refractivity contribution in [3.63, 3.8) is 0 Å². The van der Waals surface area contributed by atoms with Crippen LogP contribution < -0.4 is 0 Å². The summed E-state index contributed by atoms with van der Waals surface area (Å²) in [5.74, 6) is 1.72. The maximum absolute atomic E-state index is 6.45. The van der Waals surface area contributed by atoms with E-state index in [4.69, 9.17) is 23.8 Å². The van der Waals surface area contributed by atoms with Crippen molar-refractivity contribution in [3.05, 3.63) is 152 Å². The zero-order valence-electron chi connectivity index (χ0n) is 25.6. The fourth-order valence-electron chi connectivity index (χ4n) is 6.79. The van der Waals surface area contributed by atoms with Gasteiger partial charge in [-0.2, -0.15) is 0 Å². The van der Waals surface area contributed by atoms with E-state index in [1.807, 2.05) is 66.7 Å². The van der Waals surface area contributed by atoms with Gasteiger partial charge in [-0.15, -0.1) is 0 Å². The zero-order chi connectivity index (χ0) is 31.6. The molecule has 10 aromatic rings. The number of hydrogen-bond acceptors (Lipinski definition) is 5. The van der Waals surface area contributed by atoms with Gasteiger partial charge in [0.05, 0.1) is 0 Å². The molecule has 0 aliphatic carbocycles. The second kappa shape index (κ2) is 10.5. The third-order valence-corrected chi connectivity index (χ3v) is 9.10. The molecular formula is C43H25N3O2. The largest absolute Gasteiger partial charge is 0.456 e. The van der Waals surface area contributed by atoms with Gasteiger partial charge in [-0.1, -0.05) is 109 Å². The van der Waals surface area contributed by atoms with Gasteiger partial charge in [0.15, 0.2) is 17.5 Å². The molecule has 0 saturated carbocycles. The Morgan fingerprint density at radius 2 is 0.896 bits per heavy atom. The van der Waals surface area contributed by atoms with E-state index in [1.54, 1.807) is 0 Å². The van der Waals surface area contributed by atoms with E-state index in [-0.39, 0.29) is 0 Å². The summed E-state index contributed by atoms with van der Waals surface area (Å²) >= 11 is 0. The van der Waals surface area contributed by atoms with Gasteiger partial charge in [0.1, 0.15) is 22.3 Å². The summed E-state index contributed by atoms with van der Waals surface area (Å²) in [6, 6.07) is 51.7. The van der Waals surface area contributed by atoms with Gasteiger partial charge >= 0.3 is 0 Å². The fourth-order valence-corrected chi connectivity index (χ4v) is 6.79. The van der Waals surface area contributed by atoms with Crippen LogP contribution in [0.1, 0.15) is 0 Å². The molecule has 7 aromatic carbocycles. The first-order chi connectivity index (χ1) is 23.7. The SMILES string of the molecule is c1ccc(-c2cc(-c3nc(-c4ccc5ccccc5c4)nc(-c4ccc5c(c4)oc4ccccc45)n3)cc3oc4ccccc4c23)cc1. The molecule has 0 spiro atoms. The van der Waals surface area contributed by atoms with E-state index < -0.39 is 0 Å².